The lowest BCUT2D eigenvalue weighted by Crippen LogP contribution is -2.30. The molecule has 0 aromatic carbocycles. The van der Waals surface area contributed by atoms with Gasteiger partial charge in [-0.1, -0.05) is 51.4 Å². The molecule has 12 heavy (non-hydrogen) atoms. The average Bonchev–Trinajstić information content (AvgIpc) is 2.14. The summed E-state index contributed by atoms with van der Waals surface area (Å²) >= 11 is 0. The molecule has 0 aliphatic rings. The van der Waals surface area contributed by atoms with Crippen LogP contribution in [0.25, 0.3) is 0 Å². The third-order valence-corrected chi connectivity index (χ3v) is 9.28. The maximum absolute atomic E-state index is 8.70. The second-order valence-electron chi connectivity index (χ2n) is 3.74. The first kappa shape index (κ1) is 12.2. The summed E-state index contributed by atoms with van der Waals surface area (Å²) in [5.41, 5.74) is 0. The predicted molar refractivity (Wildman–Crippen MR) is 58.3 cm³/mol. The number of hydrogen-bond donors (Lipinski definition) is 1. The van der Waals surface area contributed by atoms with E-state index in [9.17, 15) is 0 Å². The van der Waals surface area contributed by atoms with E-state index in [1.54, 1.807) is 0 Å². The Hall–Kier alpha value is 0.177. The highest BCUT2D eigenvalue weighted by Crippen LogP contribution is 2.26. The van der Waals surface area contributed by atoms with E-state index in [0.29, 0.717) is 6.61 Å². The molecule has 0 saturated heterocycles. The van der Waals surface area contributed by atoms with Crippen molar-refractivity contribution < 1.29 is 5.11 Å². The molecule has 0 radical (unpaired) electrons. The molecule has 0 spiro atoms. The van der Waals surface area contributed by atoms with Crippen LogP contribution in [0.4, 0.5) is 0 Å². The van der Waals surface area contributed by atoms with Gasteiger partial charge in [0.15, 0.2) is 0 Å². The van der Waals surface area contributed by atoms with Crippen LogP contribution in [0.15, 0.2) is 0 Å². The maximum Gasteiger partial charge on any atom is 0.0527 e. The van der Waals surface area contributed by atoms with Gasteiger partial charge < -0.3 is 5.11 Å². The molecule has 0 aliphatic carbocycles. The molecule has 0 rings (SSSR count). The van der Waals surface area contributed by atoms with E-state index in [1.807, 2.05) is 0 Å². The lowest BCUT2D eigenvalue weighted by atomic mass is 10.4. The van der Waals surface area contributed by atoms with Crippen LogP contribution in [0.1, 0.15) is 33.6 Å². The Bertz CT molecular complexity index is 91.7. The van der Waals surface area contributed by atoms with Crippen molar-refractivity contribution in [1.29, 1.82) is 0 Å². The molecular weight excluding hydrogens is 164 g/mol. The van der Waals surface area contributed by atoms with E-state index >= 15 is 0 Å². The summed E-state index contributed by atoms with van der Waals surface area (Å²) < 4.78 is 0. The molecule has 1 nitrogen and oxygen atoms in total. The fourth-order valence-electron chi connectivity index (χ4n) is 1.89. The topological polar surface area (TPSA) is 20.2 Å². The van der Waals surface area contributed by atoms with Crippen molar-refractivity contribution >= 4 is 8.07 Å². The van der Waals surface area contributed by atoms with E-state index in [1.165, 1.54) is 30.6 Å². The summed E-state index contributed by atoms with van der Waals surface area (Å²) in [6.45, 7) is 7.41. The highest BCUT2D eigenvalue weighted by atomic mass is 28.3. The van der Waals surface area contributed by atoms with Gasteiger partial charge in [0.25, 0.3) is 0 Å². The molecule has 1 N–H and O–H groups in total. The van der Waals surface area contributed by atoms with Crippen molar-refractivity contribution in [3.05, 3.63) is 0 Å². The van der Waals surface area contributed by atoms with Gasteiger partial charge in [-0.2, -0.15) is 0 Å². The van der Waals surface area contributed by atoms with Crippen molar-refractivity contribution in [2.75, 3.05) is 6.61 Å². The summed E-state index contributed by atoms with van der Waals surface area (Å²) in [6, 6.07) is 5.69. The van der Waals surface area contributed by atoms with Gasteiger partial charge in [0.1, 0.15) is 0 Å². The van der Waals surface area contributed by atoms with Gasteiger partial charge in [0.05, 0.1) is 8.07 Å². The molecule has 0 unspecified atom stereocenters. The number of aliphatic hydroxyl groups excluding tert-OH is 1. The highest BCUT2D eigenvalue weighted by Gasteiger charge is 2.25. The van der Waals surface area contributed by atoms with Crippen LogP contribution in [0.5, 0.6) is 0 Å². The lowest BCUT2D eigenvalue weighted by molar-refractivity contribution is 0.286. The fourth-order valence-corrected chi connectivity index (χ4v) is 5.45. The van der Waals surface area contributed by atoms with E-state index < -0.39 is 8.07 Å². The van der Waals surface area contributed by atoms with Crippen LogP contribution in [0.3, 0.4) is 0 Å². The third-order valence-electron chi connectivity index (χ3n) is 3.37. The van der Waals surface area contributed by atoms with E-state index in [-0.39, 0.29) is 0 Å². The fraction of sp³-hybridized carbons (Fsp3) is 1.00. The smallest absolute Gasteiger partial charge is 0.0527 e. The number of rotatable bonds is 7. The van der Waals surface area contributed by atoms with Gasteiger partial charge in [-0.3, -0.25) is 0 Å². The average molecular weight is 188 g/mol. The van der Waals surface area contributed by atoms with Gasteiger partial charge in [0.2, 0.25) is 0 Å². The van der Waals surface area contributed by atoms with Crippen molar-refractivity contribution in [3.8, 4) is 0 Å². The quantitative estimate of drug-likeness (QED) is 0.480. The van der Waals surface area contributed by atoms with Crippen molar-refractivity contribution in [2.45, 2.75) is 57.8 Å². The summed E-state index contributed by atoms with van der Waals surface area (Å²) in [5.74, 6) is 0. The summed E-state index contributed by atoms with van der Waals surface area (Å²) in [6.07, 6.45) is 2.26. The minimum atomic E-state index is -0.866. The second-order valence-corrected chi connectivity index (χ2v) is 9.36. The third kappa shape index (κ3) is 3.72. The predicted octanol–water partition coefficient (Wildman–Crippen LogP) is 3.27. The number of hydrogen-bond acceptors (Lipinski definition) is 1. The molecule has 0 aliphatic heterocycles. The van der Waals surface area contributed by atoms with Crippen molar-refractivity contribution in [2.24, 2.45) is 0 Å². The molecule has 2 heteroatoms. The molecule has 0 heterocycles. The molecule has 0 amide bonds. The second kappa shape index (κ2) is 6.67. The molecule has 0 saturated carbocycles. The molecule has 0 aromatic rings. The Morgan fingerprint density at radius 2 is 1.42 bits per heavy atom. The zero-order chi connectivity index (χ0) is 9.45. The maximum atomic E-state index is 8.70. The SMILES string of the molecule is CC[Si](CC)(CC)CCCCO. The van der Waals surface area contributed by atoms with Gasteiger partial charge in [-0.25, -0.2) is 0 Å². The van der Waals surface area contributed by atoms with Crippen LogP contribution >= 0.6 is 0 Å². The Kier molecular flexibility index (Phi) is 6.77. The van der Waals surface area contributed by atoms with Crippen LogP contribution in [0.2, 0.25) is 24.2 Å². The van der Waals surface area contributed by atoms with Gasteiger partial charge >= 0.3 is 0 Å². The monoisotopic (exact) mass is 188 g/mol. The first-order chi connectivity index (χ1) is 5.74. The standard InChI is InChI=1S/C10H24OSi/c1-4-12(5-2,6-3)10-8-7-9-11/h11H,4-10H2,1-3H3. The van der Waals surface area contributed by atoms with Gasteiger partial charge in [-0.05, 0) is 6.42 Å². The molecular formula is C10H24OSi. The molecule has 0 atom stereocenters. The van der Waals surface area contributed by atoms with Crippen LogP contribution in [0, 0.1) is 0 Å². The van der Waals surface area contributed by atoms with Crippen LogP contribution in [-0.2, 0) is 0 Å². The van der Waals surface area contributed by atoms with E-state index in [2.05, 4.69) is 20.8 Å². The molecule has 0 fully saturated rings. The lowest BCUT2D eigenvalue weighted by Gasteiger charge is -2.27. The number of unbranched alkanes of at least 4 members (excludes halogenated alkanes) is 1. The minimum absolute atomic E-state index is 0.377. The summed E-state index contributed by atoms with van der Waals surface area (Å²) in [7, 11) is -0.866. The Morgan fingerprint density at radius 3 is 1.75 bits per heavy atom. The molecule has 0 aromatic heterocycles. The largest absolute Gasteiger partial charge is 0.396 e. The Morgan fingerprint density at radius 1 is 0.917 bits per heavy atom. The first-order valence-corrected chi connectivity index (χ1v) is 8.18. The van der Waals surface area contributed by atoms with E-state index in [0.717, 1.165) is 6.42 Å². The van der Waals surface area contributed by atoms with Crippen LogP contribution < -0.4 is 0 Å². The van der Waals surface area contributed by atoms with Gasteiger partial charge in [0, 0.05) is 6.61 Å². The number of aliphatic hydroxyl groups is 1. The van der Waals surface area contributed by atoms with Crippen molar-refractivity contribution in [3.63, 3.8) is 0 Å². The van der Waals surface area contributed by atoms with Gasteiger partial charge in [-0.15, -0.1) is 0 Å². The molecule has 74 valence electrons. The summed E-state index contributed by atoms with van der Waals surface area (Å²) in [4.78, 5) is 0. The van der Waals surface area contributed by atoms with E-state index in [4.69, 9.17) is 5.11 Å². The highest BCUT2D eigenvalue weighted by molar-refractivity contribution is 6.79. The minimum Gasteiger partial charge on any atom is -0.396 e. The normalized spacial score (nSPS) is 12.0. The van der Waals surface area contributed by atoms with Crippen molar-refractivity contribution in [1.82, 2.24) is 0 Å². The van der Waals surface area contributed by atoms with Crippen LogP contribution in [-0.4, -0.2) is 19.8 Å². The Labute approximate surface area is 78.2 Å². The summed E-state index contributed by atoms with van der Waals surface area (Å²) in [5, 5.41) is 8.70. The zero-order valence-electron chi connectivity index (χ0n) is 8.90. The first-order valence-electron chi connectivity index (χ1n) is 5.35. The zero-order valence-corrected chi connectivity index (χ0v) is 9.90. The Balaban J connectivity index is 3.76. The molecule has 0 bridgehead atoms.